The lowest BCUT2D eigenvalue weighted by Gasteiger charge is -2.07. The van der Waals surface area contributed by atoms with Gasteiger partial charge in [-0.3, -0.25) is 0 Å². The number of aromatic nitrogens is 2. The number of unbranched alkanes of at least 4 members (excludes halogenated alkanes) is 1. The lowest BCUT2D eigenvalue weighted by Crippen LogP contribution is -2.18. The van der Waals surface area contributed by atoms with Crippen LogP contribution in [0, 0.1) is 6.92 Å². The van der Waals surface area contributed by atoms with E-state index in [9.17, 15) is 18.0 Å². The minimum Gasteiger partial charge on any atom is -0.448 e. The van der Waals surface area contributed by atoms with Gasteiger partial charge in [-0.15, -0.1) is 0 Å². The summed E-state index contributed by atoms with van der Waals surface area (Å²) in [6, 6.07) is 7.64. The second-order valence-electron chi connectivity index (χ2n) is 5.16. The zero-order chi connectivity index (χ0) is 17.0. The second kappa shape index (κ2) is 6.85. The molecule has 7 heteroatoms. The van der Waals surface area contributed by atoms with Gasteiger partial charge in [0.05, 0.1) is 12.3 Å². The Labute approximate surface area is 131 Å². The van der Waals surface area contributed by atoms with E-state index in [0.29, 0.717) is 16.7 Å². The summed E-state index contributed by atoms with van der Waals surface area (Å²) >= 11 is 0. The number of halogens is 3. The topological polar surface area (TPSA) is 44.1 Å². The molecular formula is C16H17F3N2O2. The van der Waals surface area contributed by atoms with Crippen molar-refractivity contribution in [3.05, 3.63) is 41.6 Å². The van der Waals surface area contributed by atoms with Crippen molar-refractivity contribution in [2.75, 3.05) is 6.61 Å². The first-order chi connectivity index (χ1) is 10.8. The molecule has 0 saturated heterocycles. The highest BCUT2D eigenvalue weighted by Crippen LogP contribution is 2.32. The van der Waals surface area contributed by atoms with Crippen LogP contribution in [0.25, 0.3) is 11.3 Å². The first kappa shape index (κ1) is 17.1. The SMILES string of the molecule is CCCCOC(=O)n1nc(C(F)(F)F)cc1-c1ccc(C)cc1. The maximum Gasteiger partial charge on any atom is 0.435 e. The molecule has 4 nitrogen and oxygen atoms in total. The Bertz CT molecular complexity index is 676. The molecule has 0 atom stereocenters. The Hall–Kier alpha value is -2.31. The maximum absolute atomic E-state index is 12.9. The molecule has 0 bridgehead atoms. The number of benzene rings is 1. The predicted molar refractivity (Wildman–Crippen MR) is 79.1 cm³/mol. The van der Waals surface area contributed by atoms with Gasteiger partial charge in [-0.05, 0) is 19.4 Å². The standard InChI is InChI=1S/C16H17F3N2O2/c1-3-4-9-23-15(22)21-13(10-14(20-21)16(17,18)19)12-7-5-11(2)6-8-12/h5-8,10H,3-4,9H2,1-2H3. The van der Waals surface area contributed by atoms with Gasteiger partial charge in [0.2, 0.25) is 0 Å². The molecule has 0 N–H and O–H groups in total. The Morgan fingerprint density at radius 1 is 1.26 bits per heavy atom. The number of aryl methyl sites for hydroxylation is 1. The average Bonchev–Trinajstić information content (AvgIpc) is 2.93. The van der Waals surface area contributed by atoms with Crippen molar-refractivity contribution in [2.24, 2.45) is 0 Å². The van der Waals surface area contributed by atoms with Gasteiger partial charge in [-0.1, -0.05) is 43.2 Å². The largest absolute Gasteiger partial charge is 0.448 e. The molecule has 0 amide bonds. The molecule has 23 heavy (non-hydrogen) atoms. The van der Waals surface area contributed by atoms with Crippen molar-refractivity contribution in [2.45, 2.75) is 32.9 Å². The molecule has 0 aliphatic carbocycles. The summed E-state index contributed by atoms with van der Waals surface area (Å²) in [6.07, 6.45) is -4.09. The molecule has 1 heterocycles. The van der Waals surface area contributed by atoms with E-state index >= 15 is 0 Å². The van der Waals surface area contributed by atoms with Gasteiger partial charge in [0.15, 0.2) is 5.69 Å². The third-order valence-corrected chi connectivity index (χ3v) is 3.24. The van der Waals surface area contributed by atoms with Crippen molar-refractivity contribution in [1.82, 2.24) is 9.78 Å². The zero-order valence-electron chi connectivity index (χ0n) is 12.9. The number of hydrogen-bond acceptors (Lipinski definition) is 3. The molecule has 0 saturated carbocycles. The summed E-state index contributed by atoms with van der Waals surface area (Å²) < 4.78 is 44.4. The van der Waals surface area contributed by atoms with Crippen LogP contribution in [0.2, 0.25) is 0 Å². The highest BCUT2D eigenvalue weighted by Gasteiger charge is 2.36. The predicted octanol–water partition coefficient (Wildman–Crippen LogP) is 4.66. The number of ether oxygens (including phenoxy) is 1. The van der Waals surface area contributed by atoms with E-state index in [4.69, 9.17) is 4.74 Å². The lowest BCUT2D eigenvalue weighted by molar-refractivity contribution is -0.141. The summed E-state index contributed by atoms with van der Waals surface area (Å²) in [7, 11) is 0. The lowest BCUT2D eigenvalue weighted by atomic mass is 10.1. The van der Waals surface area contributed by atoms with Gasteiger partial charge in [-0.2, -0.15) is 23.0 Å². The number of carbonyl (C=O) groups excluding carboxylic acids is 1. The normalized spacial score (nSPS) is 11.5. The summed E-state index contributed by atoms with van der Waals surface area (Å²) in [6.45, 7) is 3.92. The second-order valence-corrected chi connectivity index (χ2v) is 5.16. The third kappa shape index (κ3) is 4.12. The first-order valence-corrected chi connectivity index (χ1v) is 7.24. The molecule has 0 spiro atoms. The monoisotopic (exact) mass is 326 g/mol. The molecule has 124 valence electrons. The van der Waals surface area contributed by atoms with Crippen LogP contribution in [-0.2, 0) is 10.9 Å². The van der Waals surface area contributed by atoms with Gasteiger partial charge in [-0.25, -0.2) is 4.79 Å². The molecule has 0 radical (unpaired) electrons. The fourth-order valence-electron chi connectivity index (χ4n) is 1.95. The fraction of sp³-hybridized carbons (Fsp3) is 0.375. The van der Waals surface area contributed by atoms with E-state index in [-0.39, 0.29) is 12.3 Å². The van der Waals surface area contributed by atoms with Crippen LogP contribution < -0.4 is 0 Å². The molecule has 2 aromatic rings. The molecule has 0 aliphatic rings. The third-order valence-electron chi connectivity index (χ3n) is 3.24. The summed E-state index contributed by atoms with van der Waals surface area (Å²) in [5.74, 6) is 0. The minimum atomic E-state index is -4.63. The van der Waals surface area contributed by atoms with E-state index in [1.165, 1.54) is 0 Å². The van der Waals surface area contributed by atoms with Crippen LogP contribution in [-0.4, -0.2) is 22.5 Å². The summed E-state index contributed by atoms with van der Waals surface area (Å²) in [4.78, 5) is 12.0. The highest BCUT2D eigenvalue weighted by atomic mass is 19.4. The first-order valence-electron chi connectivity index (χ1n) is 7.24. The molecule has 0 fully saturated rings. The fourth-order valence-corrected chi connectivity index (χ4v) is 1.95. The van der Waals surface area contributed by atoms with E-state index in [1.54, 1.807) is 24.3 Å². The Morgan fingerprint density at radius 3 is 2.48 bits per heavy atom. The maximum atomic E-state index is 12.9. The van der Waals surface area contributed by atoms with Crippen LogP contribution in [0.15, 0.2) is 30.3 Å². The quantitative estimate of drug-likeness (QED) is 0.767. The van der Waals surface area contributed by atoms with Crippen molar-refractivity contribution >= 4 is 6.09 Å². The zero-order valence-corrected chi connectivity index (χ0v) is 12.9. The van der Waals surface area contributed by atoms with Gasteiger partial charge in [0, 0.05) is 5.56 Å². The smallest absolute Gasteiger partial charge is 0.435 e. The molecule has 2 rings (SSSR count). The van der Waals surface area contributed by atoms with Crippen molar-refractivity contribution < 1.29 is 22.7 Å². The number of nitrogens with zero attached hydrogens (tertiary/aromatic N) is 2. The van der Waals surface area contributed by atoms with Crippen LogP contribution in [0.4, 0.5) is 18.0 Å². The molecule has 1 aromatic heterocycles. The van der Waals surface area contributed by atoms with Gasteiger partial charge in [0.25, 0.3) is 0 Å². The van der Waals surface area contributed by atoms with Gasteiger partial charge < -0.3 is 4.74 Å². The van der Waals surface area contributed by atoms with Crippen LogP contribution in [0.5, 0.6) is 0 Å². The summed E-state index contributed by atoms with van der Waals surface area (Å²) in [5.41, 5.74) is 0.353. The molecule has 1 aromatic carbocycles. The van der Waals surface area contributed by atoms with Crippen LogP contribution in [0.1, 0.15) is 31.0 Å². The van der Waals surface area contributed by atoms with E-state index in [0.717, 1.165) is 18.1 Å². The van der Waals surface area contributed by atoms with Crippen molar-refractivity contribution in [3.63, 3.8) is 0 Å². The molecule has 0 aliphatic heterocycles. The van der Waals surface area contributed by atoms with Crippen molar-refractivity contribution in [3.8, 4) is 11.3 Å². The van der Waals surface area contributed by atoms with E-state index in [2.05, 4.69) is 5.10 Å². The van der Waals surface area contributed by atoms with Crippen LogP contribution >= 0.6 is 0 Å². The number of alkyl halides is 3. The Morgan fingerprint density at radius 2 is 1.91 bits per heavy atom. The molecular weight excluding hydrogens is 309 g/mol. The number of rotatable bonds is 4. The van der Waals surface area contributed by atoms with Crippen molar-refractivity contribution in [1.29, 1.82) is 0 Å². The Kier molecular flexibility index (Phi) is 5.08. The van der Waals surface area contributed by atoms with E-state index in [1.807, 2.05) is 13.8 Å². The summed E-state index contributed by atoms with van der Waals surface area (Å²) in [5, 5.41) is 3.38. The van der Waals surface area contributed by atoms with Crippen LogP contribution in [0.3, 0.4) is 0 Å². The van der Waals surface area contributed by atoms with Gasteiger partial charge in [0.1, 0.15) is 0 Å². The Balaban J connectivity index is 2.40. The highest BCUT2D eigenvalue weighted by molar-refractivity contribution is 5.77. The number of hydrogen-bond donors (Lipinski definition) is 0. The molecule has 0 unspecified atom stereocenters. The minimum absolute atomic E-state index is 0.0545. The average molecular weight is 326 g/mol. The number of carbonyl (C=O) groups is 1. The van der Waals surface area contributed by atoms with E-state index < -0.39 is 18.0 Å². The van der Waals surface area contributed by atoms with Gasteiger partial charge >= 0.3 is 12.3 Å².